The van der Waals surface area contributed by atoms with Crippen molar-refractivity contribution in [2.24, 2.45) is 0 Å². The highest BCUT2D eigenvalue weighted by molar-refractivity contribution is 6.32. The van der Waals surface area contributed by atoms with Crippen LogP contribution in [0.1, 0.15) is 120 Å². The third-order valence-electron chi connectivity index (χ3n) is 6.75. The molecule has 0 saturated heterocycles. The highest BCUT2D eigenvalue weighted by atomic mass is 127. The first-order valence-electron chi connectivity index (χ1n) is 14.3. The number of pyridine rings is 1. The number of hydrogen-bond donors (Lipinski definition) is 1. The van der Waals surface area contributed by atoms with Gasteiger partial charge in [-0.15, -0.1) is 0 Å². The smallest absolute Gasteiger partial charge is 0.251 e. The number of halogens is 2. The van der Waals surface area contributed by atoms with Gasteiger partial charge in [-0.2, -0.15) is 0 Å². The molecule has 0 spiro atoms. The molecule has 1 amide bonds. The first-order valence-corrected chi connectivity index (χ1v) is 14.7. The Labute approximate surface area is 247 Å². The van der Waals surface area contributed by atoms with Gasteiger partial charge in [0.2, 0.25) is 5.69 Å². The molecule has 0 aliphatic rings. The van der Waals surface area contributed by atoms with Crippen LogP contribution in [-0.2, 0) is 13.1 Å². The molecule has 0 radical (unpaired) electrons. The number of nitrogens with zero attached hydrogens (tertiary/aromatic N) is 1. The highest BCUT2D eigenvalue weighted by Gasteiger charge is 2.12. The minimum atomic E-state index is -0.137. The van der Waals surface area contributed by atoms with Gasteiger partial charge in [0.15, 0.2) is 6.20 Å². The van der Waals surface area contributed by atoms with Crippen molar-refractivity contribution in [2.45, 2.75) is 117 Å². The molecule has 0 saturated carbocycles. The molecule has 6 heteroatoms. The molecule has 1 N–H and O–H groups in total. The van der Waals surface area contributed by atoms with Crippen molar-refractivity contribution in [1.29, 1.82) is 0 Å². The van der Waals surface area contributed by atoms with Gasteiger partial charge in [0.1, 0.15) is 18.8 Å². The van der Waals surface area contributed by atoms with Gasteiger partial charge in [0.25, 0.3) is 5.91 Å². The van der Waals surface area contributed by atoms with Gasteiger partial charge in [-0.1, -0.05) is 108 Å². The number of amides is 1. The molecular formula is C31H48ClIN2O2. The fraction of sp³-hybridized carbons (Fsp3) is 0.613. The van der Waals surface area contributed by atoms with Crippen molar-refractivity contribution < 1.29 is 38.1 Å². The van der Waals surface area contributed by atoms with Crippen LogP contribution in [0.4, 0.5) is 0 Å². The maximum Gasteiger partial charge on any atom is 0.251 e. The Hall–Kier alpha value is -1.34. The monoisotopic (exact) mass is 642 g/mol. The Morgan fingerprint density at radius 2 is 1.43 bits per heavy atom. The van der Waals surface area contributed by atoms with E-state index in [9.17, 15) is 4.79 Å². The summed E-state index contributed by atoms with van der Waals surface area (Å²) in [7, 11) is 0. The molecule has 208 valence electrons. The van der Waals surface area contributed by atoms with Crippen LogP contribution in [0.15, 0.2) is 42.6 Å². The van der Waals surface area contributed by atoms with Crippen LogP contribution in [-0.4, -0.2) is 12.5 Å². The Morgan fingerprint density at radius 1 is 0.838 bits per heavy atom. The van der Waals surface area contributed by atoms with E-state index in [4.69, 9.17) is 16.3 Å². The van der Waals surface area contributed by atoms with E-state index in [2.05, 4.69) is 23.7 Å². The van der Waals surface area contributed by atoms with Gasteiger partial charge in [-0.3, -0.25) is 4.79 Å². The topological polar surface area (TPSA) is 42.2 Å². The Bertz CT molecular complexity index is 878. The predicted molar refractivity (Wildman–Crippen MR) is 151 cm³/mol. The number of benzene rings is 1. The molecule has 2 rings (SSSR count). The number of carbonyl (C=O) groups excluding carboxylic acids is 1. The van der Waals surface area contributed by atoms with Gasteiger partial charge in [-0.25, -0.2) is 4.57 Å². The quantitative estimate of drug-likeness (QED) is 0.119. The summed E-state index contributed by atoms with van der Waals surface area (Å²) in [6.45, 7) is 6.36. The second-order valence-corrected chi connectivity index (χ2v) is 10.2. The lowest BCUT2D eigenvalue weighted by molar-refractivity contribution is -0.701. The summed E-state index contributed by atoms with van der Waals surface area (Å²) in [5.41, 5.74) is 1.61. The second kappa shape index (κ2) is 21.6. The Kier molecular flexibility index (Phi) is 19.6. The van der Waals surface area contributed by atoms with E-state index < -0.39 is 0 Å². The van der Waals surface area contributed by atoms with Gasteiger partial charge >= 0.3 is 0 Å². The van der Waals surface area contributed by atoms with Crippen molar-refractivity contribution in [1.82, 2.24) is 5.32 Å². The van der Waals surface area contributed by atoms with Crippen molar-refractivity contribution in [2.75, 3.05) is 6.61 Å². The van der Waals surface area contributed by atoms with E-state index in [-0.39, 0.29) is 29.9 Å². The molecule has 0 aliphatic carbocycles. The summed E-state index contributed by atoms with van der Waals surface area (Å²) in [6.07, 6.45) is 20.8. The lowest BCUT2D eigenvalue weighted by Crippen LogP contribution is -3.00. The van der Waals surface area contributed by atoms with Gasteiger partial charge in [0, 0.05) is 17.7 Å². The van der Waals surface area contributed by atoms with Crippen molar-refractivity contribution in [3.05, 3.63) is 58.9 Å². The average molecular weight is 643 g/mol. The molecule has 37 heavy (non-hydrogen) atoms. The van der Waals surface area contributed by atoms with E-state index in [1.54, 1.807) is 18.2 Å². The third kappa shape index (κ3) is 14.4. The zero-order valence-corrected chi connectivity index (χ0v) is 26.0. The van der Waals surface area contributed by atoms with E-state index >= 15 is 0 Å². The zero-order chi connectivity index (χ0) is 25.8. The summed E-state index contributed by atoms with van der Waals surface area (Å²) in [6, 6.07) is 11.3. The number of aryl methyl sites for hydroxylation is 1. The van der Waals surface area contributed by atoms with Gasteiger partial charge < -0.3 is 34.0 Å². The molecule has 1 aromatic heterocycles. The van der Waals surface area contributed by atoms with Crippen molar-refractivity contribution in [3.8, 4) is 5.75 Å². The molecule has 0 atom stereocenters. The average Bonchev–Trinajstić information content (AvgIpc) is 2.90. The molecule has 4 nitrogen and oxygen atoms in total. The number of unbranched alkanes of at least 4 members (excludes halogenated alkanes) is 13. The number of ether oxygens (including phenoxy) is 1. The molecule has 0 aliphatic heterocycles. The van der Waals surface area contributed by atoms with Crippen LogP contribution in [0.25, 0.3) is 0 Å². The maximum absolute atomic E-state index is 12.6. The lowest BCUT2D eigenvalue weighted by atomic mass is 10.0. The first kappa shape index (κ1) is 33.7. The minimum absolute atomic E-state index is 0. The van der Waals surface area contributed by atoms with Crippen LogP contribution in [0.3, 0.4) is 0 Å². The minimum Gasteiger partial charge on any atom is -1.00 e. The largest absolute Gasteiger partial charge is 1.00 e. The highest BCUT2D eigenvalue weighted by Crippen LogP contribution is 2.26. The fourth-order valence-corrected chi connectivity index (χ4v) is 4.73. The van der Waals surface area contributed by atoms with Crippen molar-refractivity contribution in [3.63, 3.8) is 0 Å². The molecule has 1 aromatic carbocycles. The summed E-state index contributed by atoms with van der Waals surface area (Å²) < 4.78 is 7.98. The van der Waals surface area contributed by atoms with Crippen LogP contribution in [0.5, 0.6) is 5.75 Å². The molecule has 2 aromatic rings. The van der Waals surface area contributed by atoms with Gasteiger partial charge in [-0.05, 0) is 31.5 Å². The number of aromatic nitrogens is 1. The number of nitrogens with one attached hydrogen (secondary N) is 1. The normalized spacial score (nSPS) is 10.7. The molecule has 1 heterocycles. The Morgan fingerprint density at radius 3 is 2.00 bits per heavy atom. The van der Waals surface area contributed by atoms with E-state index in [1.807, 2.05) is 24.4 Å². The zero-order valence-electron chi connectivity index (χ0n) is 23.1. The van der Waals surface area contributed by atoms with Crippen LogP contribution in [0.2, 0.25) is 5.02 Å². The second-order valence-electron chi connectivity index (χ2n) is 9.75. The lowest BCUT2D eigenvalue weighted by Gasteiger charge is -2.10. The molecular weight excluding hydrogens is 595 g/mol. The summed E-state index contributed by atoms with van der Waals surface area (Å²) in [5.74, 6) is 0.511. The van der Waals surface area contributed by atoms with E-state index in [1.165, 1.54) is 83.5 Å². The van der Waals surface area contributed by atoms with Crippen LogP contribution in [0, 0.1) is 0 Å². The first-order chi connectivity index (χ1) is 17.7. The Balaban J connectivity index is 0.00000684. The summed E-state index contributed by atoms with van der Waals surface area (Å²) in [4.78, 5) is 12.6. The van der Waals surface area contributed by atoms with Crippen molar-refractivity contribution >= 4 is 17.5 Å². The third-order valence-corrected chi connectivity index (χ3v) is 7.05. The summed E-state index contributed by atoms with van der Waals surface area (Å²) >= 11 is 6.39. The number of hydrogen-bond acceptors (Lipinski definition) is 2. The van der Waals surface area contributed by atoms with Crippen LogP contribution >= 0.6 is 11.6 Å². The van der Waals surface area contributed by atoms with E-state index in [0.717, 1.165) is 18.7 Å². The molecule has 0 fully saturated rings. The molecule has 0 unspecified atom stereocenters. The SMILES string of the molecule is CCCCCCCCCCCCCCCCOc1ccc(C(=O)NCc2cccc[n+]2CC)cc1Cl.[I-]. The fourth-order valence-electron chi connectivity index (χ4n) is 4.49. The number of rotatable bonds is 20. The number of carbonyl (C=O) groups is 1. The predicted octanol–water partition coefficient (Wildman–Crippen LogP) is 5.44. The maximum atomic E-state index is 12.6. The molecule has 0 bridgehead atoms. The van der Waals surface area contributed by atoms with E-state index in [0.29, 0.717) is 29.5 Å². The summed E-state index contributed by atoms with van der Waals surface area (Å²) in [5, 5.41) is 3.46. The van der Waals surface area contributed by atoms with Gasteiger partial charge in [0.05, 0.1) is 11.6 Å². The standard InChI is InChI=1S/C31H47ClN2O2.HI/c1-3-5-6-7-8-9-10-11-12-13-14-15-16-19-24-36-30-22-21-27(25-29(30)32)31(35)33-26-28-20-17-18-23-34(28)4-2;/h17-18,20-23,25H,3-16,19,24,26H2,1-2H3;1H. The van der Waals surface area contributed by atoms with Crippen LogP contribution < -0.4 is 38.6 Å².